The SMILES string of the molecule is CC(C)(C)OC(=O)n1cccc1CCOC(=O)C(/C=C/c1ccccc1)=[N+]=[N-]. The number of benzene rings is 1. The fourth-order valence-electron chi connectivity index (χ4n) is 2.31. The molecular weight excluding hydrogens is 358 g/mol. The predicted octanol–water partition coefficient (Wildman–Crippen LogP) is 3.74. The zero-order chi connectivity index (χ0) is 20.6. The number of carbonyl (C=O) groups excluding carboxylic acids is 2. The number of rotatable bonds is 6. The molecule has 146 valence electrons. The summed E-state index contributed by atoms with van der Waals surface area (Å²) < 4.78 is 11.9. The highest BCUT2D eigenvalue weighted by Crippen LogP contribution is 2.12. The van der Waals surface area contributed by atoms with Crippen LogP contribution in [0, 0.1) is 0 Å². The summed E-state index contributed by atoms with van der Waals surface area (Å²) >= 11 is 0. The highest BCUT2D eigenvalue weighted by atomic mass is 16.6. The molecule has 7 nitrogen and oxygen atoms in total. The van der Waals surface area contributed by atoms with Crippen molar-refractivity contribution < 1.29 is 23.9 Å². The molecule has 2 rings (SSSR count). The van der Waals surface area contributed by atoms with E-state index >= 15 is 0 Å². The third-order valence-electron chi connectivity index (χ3n) is 3.56. The van der Waals surface area contributed by atoms with E-state index in [0.717, 1.165) is 5.56 Å². The van der Waals surface area contributed by atoms with Gasteiger partial charge in [-0.15, -0.1) is 0 Å². The standard InChI is InChI=1S/C21H23N3O4/c1-21(2,3)28-20(26)24-14-7-10-17(24)13-15-27-19(25)18(23-22)12-11-16-8-5-4-6-9-16/h4-12,14H,13,15H2,1-3H3/b12-11+. The van der Waals surface area contributed by atoms with Crippen molar-refractivity contribution in [1.82, 2.24) is 4.57 Å². The third kappa shape index (κ3) is 6.37. The number of esters is 1. The van der Waals surface area contributed by atoms with Crippen LogP contribution in [0.15, 0.2) is 54.7 Å². The zero-order valence-electron chi connectivity index (χ0n) is 16.2. The molecule has 2 aromatic rings. The molecule has 0 atom stereocenters. The molecule has 1 aromatic carbocycles. The second-order valence-electron chi connectivity index (χ2n) is 6.97. The van der Waals surface area contributed by atoms with Crippen molar-refractivity contribution in [3.63, 3.8) is 0 Å². The van der Waals surface area contributed by atoms with Gasteiger partial charge in [0.05, 0.1) is 6.61 Å². The van der Waals surface area contributed by atoms with Gasteiger partial charge in [-0.25, -0.2) is 9.59 Å². The van der Waals surface area contributed by atoms with Gasteiger partial charge < -0.3 is 15.0 Å². The average molecular weight is 381 g/mol. The Morgan fingerprint density at radius 3 is 2.50 bits per heavy atom. The van der Waals surface area contributed by atoms with Gasteiger partial charge in [-0.1, -0.05) is 30.3 Å². The first-order valence-electron chi connectivity index (χ1n) is 8.82. The number of hydrogen-bond acceptors (Lipinski definition) is 4. The third-order valence-corrected chi connectivity index (χ3v) is 3.56. The van der Waals surface area contributed by atoms with Gasteiger partial charge in [0.15, 0.2) is 0 Å². The number of aromatic nitrogens is 1. The minimum absolute atomic E-state index is 0.0177. The van der Waals surface area contributed by atoms with Gasteiger partial charge in [-0.3, -0.25) is 4.57 Å². The van der Waals surface area contributed by atoms with Gasteiger partial charge >= 0.3 is 17.8 Å². The van der Waals surface area contributed by atoms with Gasteiger partial charge in [-0.2, -0.15) is 4.79 Å². The smallest absolute Gasteiger partial charge is 0.421 e. The molecule has 1 heterocycles. The topological polar surface area (TPSA) is 93.9 Å². The molecule has 0 bridgehead atoms. The Morgan fingerprint density at radius 1 is 1.14 bits per heavy atom. The average Bonchev–Trinajstić information content (AvgIpc) is 3.10. The maximum absolute atomic E-state index is 12.2. The van der Waals surface area contributed by atoms with Crippen molar-refractivity contribution in [3.05, 3.63) is 71.5 Å². The van der Waals surface area contributed by atoms with Crippen LogP contribution in [-0.4, -0.2) is 39.3 Å². The fourth-order valence-corrected chi connectivity index (χ4v) is 2.31. The lowest BCUT2D eigenvalue weighted by Gasteiger charge is -2.20. The first-order valence-corrected chi connectivity index (χ1v) is 8.82. The lowest BCUT2D eigenvalue weighted by atomic mass is 10.2. The molecule has 1 aromatic heterocycles. The first-order chi connectivity index (χ1) is 13.3. The first kappa shape index (κ1) is 20.9. The molecule has 0 aliphatic heterocycles. The highest BCUT2D eigenvalue weighted by molar-refractivity contribution is 6.39. The van der Waals surface area contributed by atoms with Gasteiger partial charge in [-0.05, 0) is 44.5 Å². The molecule has 0 aliphatic carbocycles. The predicted molar refractivity (Wildman–Crippen MR) is 105 cm³/mol. The molecule has 0 aliphatic rings. The molecule has 0 saturated heterocycles. The van der Waals surface area contributed by atoms with Gasteiger partial charge in [0, 0.05) is 24.4 Å². The Bertz CT molecular complexity index is 901. The molecule has 0 fully saturated rings. The van der Waals surface area contributed by atoms with Crippen LogP contribution in [-0.2, 0) is 20.7 Å². The van der Waals surface area contributed by atoms with Crippen LogP contribution >= 0.6 is 0 Å². The zero-order valence-corrected chi connectivity index (χ0v) is 16.2. The molecule has 0 amide bonds. The summed E-state index contributed by atoms with van der Waals surface area (Å²) in [5.74, 6) is -0.759. The summed E-state index contributed by atoms with van der Waals surface area (Å²) in [5.41, 5.74) is 9.72. The van der Waals surface area contributed by atoms with Crippen LogP contribution in [0.5, 0.6) is 0 Å². The van der Waals surface area contributed by atoms with E-state index in [4.69, 9.17) is 15.0 Å². The number of carbonyl (C=O) groups is 2. The van der Waals surface area contributed by atoms with Crippen LogP contribution in [0.3, 0.4) is 0 Å². The van der Waals surface area contributed by atoms with E-state index in [9.17, 15) is 9.59 Å². The van der Waals surface area contributed by atoms with Gasteiger partial charge in [0.2, 0.25) is 0 Å². The summed E-state index contributed by atoms with van der Waals surface area (Å²) in [7, 11) is 0. The van der Waals surface area contributed by atoms with Crippen LogP contribution in [0.2, 0.25) is 0 Å². The summed E-state index contributed by atoms with van der Waals surface area (Å²) in [6.07, 6.45) is 4.42. The Morgan fingerprint density at radius 2 is 1.86 bits per heavy atom. The van der Waals surface area contributed by atoms with Crippen molar-refractivity contribution in [2.75, 3.05) is 6.61 Å². The van der Waals surface area contributed by atoms with Crippen molar-refractivity contribution in [3.8, 4) is 0 Å². The van der Waals surface area contributed by atoms with Crippen molar-refractivity contribution in [2.45, 2.75) is 32.8 Å². The quantitative estimate of drug-likeness (QED) is 0.330. The van der Waals surface area contributed by atoms with Crippen LogP contribution in [0.4, 0.5) is 4.79 Å². The van der Waals surface area contributed by atoms with E-state index in [1.807, 2.05) is 30.3 Å². The Balaban J connectivity index is 1.92. The Hall–Kier alpha value is -3.44. The van der Waals surface area contributed by atoms with Crippen LogP contribution < -0.4 is 0 Å². The second kappa shape index (κ2) is 9.48. The van der Waals surface area contributed by atoms with Crippen molar-refractivity contribution in [2.24, 2.45) is 0 Å². The summed E-state index contributed by atoms with van der Waals surface area (Å²) in [6.45, 7) is 5.38. The van der Waals surface area contributed by atoms with Crippen LogP contribution in [0.25, 0.3) is 11.6 Å². The van der Waals surface area contributed by atoms with E-state index in [1.165, 1.54) is 10.6 Å². The van der Waals surface area contributed by atoms with E-state index in [2.05, 4.69) is 4.79 Å². The summed E-state index contributed by atoms with van der Waals surface area (Å²) in [6, 6.07) is 12.7. The lowest BCUT2D eigenvalue weighted by molar-refractivity contribution is -0.139. The molecule has 0 spiro atoms. The molecule has 0 N–H and O–H groups in total. The maximum atomic E-state index is 12.2. The minimum atomic E-state index is -0.759. The van der Waals surface area contributed by atoms with E-state index in [1.54, 1.807) is 45.2 Å². The highest BCUT2D eigenvalue weighted by Gasteiger charge is 2.21. The van der Waals surface area contributed by atoms with Gasteiger partial charge in [0.25, 0.3) is 0 Å². The molecular formula is C21H23N3O4. The Labute approximate surface area is 163 Å². The molecule has 0 radical (unpaired) electrons. The largest absolute Gasteiger partial charge is 0.456 e. The molecule has 7 heteroatoms. The number of nitrogens with zero attached hydrogens (tertiary/aromatic N) is 3. The Kier molecular flexibility index (Phi) is 7.07. The maximum Gasteiger partial charge on any atom is 0.421 e. The second-order valence-corrected chi connectivity index (χ2v) is 6.97. The van der Waals surface area contributed by atoms with E-state index in [0.29, 0.717) is 12.1 Å². The molecule has 0 unspecified atom stereocenters. The van der Waals surface area contributed by atoms with Crippen LogP contribution in [0.1, 0.15) is 32.0 Å². The lowest BCUT2D eigenvalue weighted by Crippen LogP contribution is -2.28. The van der Waals surface area contributed by atoms with Gasteiger partial charge in [0.1, 0.15) is 5.60 Å². The monoisotopic (exact) mass is 381 g/mol. The van der Waals surface area contributed by atoms with Crippen molar-refractivity contribution >= 4 is 23.9 Å². The molecule has 28 heavy (non-hydrogen) atoms. The normalized spacial score (nSPS) is 11.1. The minimum Gasteiger partial charge on any atom is -0.456 e. The summed E-state index contributed by atoms with van der Waals surface area (Å²) in [5, 5.41) is 0. The van der Waals surface area contributed by atoms with E-state index < -0.39 is 17.7 Å². The fraction of sp³-hybridized carbons (Fsp3) is 0.286. The molecule has 0 saturated carbocycles. The number of hydrogen-bond donors (Lipinski definition) is 0. The number of ether oxygens (including phenoxy) is 2. The summed E-state index contributed by atoms with van der Waals surface area (Å²) in [4.78, 5) is 27.2. The van der Waals surface area contributed by atoms with E-state index in [-0.39, 0.29) is 12.3 Å². The van der Waals surface area contributed by atoms with Crippen molar-refractivity contribution in [1.29, 1.82) is 0 Å².